The van der Waals surface area contributed by atoms with Gasteiger partial charge in [-0.25, -0.2) is 22.0 Å². The van der Waals surface area contributed by atoms with Crippen molar-refractivity contribution in [1.29, 1.82) is 5.26 Å². The first-order valence-corrected chi connectivity index (χ1v) is 14.5. The zero-order valence-corrected chi connectivity index (χ0v) is 24.5. The summed E-state index contributed by atoms with van der Waals surface area (Å²) in [4.78, 5) is 0. The molecule has 0 aliphatic rings. The summed E-state index contributed by atoms with van der Waals surface area (Å²) in [7, 11) is 0. The highest BCUT2D eigenvalue weighted by Crippen LogP contribution is 2.37. The molecule has 0 heterocycles. The Morgan fingerprint density at radius 3 is 1.78 bits per heavy atom. The summed E-state index contributed by atoms with van der Waals surface area (Å²) < 4.78 is 108. The first kappa shape index (κ1) is 32.3. The average molecular weight is 634 g/mol. The van der Waals surface area contributed by atoms with Crippen molar-refractivity contribution in [1.82, 2.24) is 0 Å². The SMILES string of the molecule is CCCCCc1ccc(-c2ccc(C(F)(F)Oc3ccc(-c4ccc(-c5cc(F)c(C#N)c(F)c5)c(F)c4)c(F)c3)c(F)c2)cc1. The molecule has 0 saturated heterocycles. The van der Waals surface area contributed by atoms with Gasteiger partial charge in [-0.3, -0.25) is 0 Å². The molecule has 5 aromatic carbocycles. The van der Waals surface area contributed by atoms with Crippen molar-refractivity contribution in [2.24, 2.45) is 0 Å². The van der Waals surface area contributed by atoms with Crippen LogP contribution in [0.5, 0.6) is 5.75 Å². The molecule has 0 aliphatic carbocycles. The molecule has 0 fully saturated rings. The van der Waals surface area contributed by atoms with Crippen molar-refractivity contribution < 1.29 is 35.5 Å². The number of nitrogens with zero attached hydrogens (tertiary/aromatic N) is 1. The van der Waals surface area contributed by atoms with Crippen molar-refractivity contribution in [3.05, 3.63) is 137 Å². The van der Waals surface area contributed by atoms with Gasteiger partial charge >= 0.3 is 6.11 Å². The molecule has 46 heavy (non-hydrogen) atoms. The molecule has 0 amide bonds. The van der Waals surface area contributed by atoms with E-state index in [1.165, 1.54) is 18.2 Å². The van der Waals surface area contributed by atoms with Gasteiger partial charge in [-0.05, 0) is 83.1 Å². The lowest BCUT2D eigenvalue weighted by atomic mass is 9.98. The van der Waals surface area contributed by atoms with Crippen LogP contribution in [0, 0.1) is 40.4 Å². The normalized spacial score (nSPS) is 11.4. The third kappa shape index (κ3) is 6.91. The van der Waals surface area contributed by atoms with E-state index in [9.17, 15) is 17.6 Å². The van der Waals surface area contributed by atoms with Crippen LogP contribution < -0.4 is 4.74 Å². The smallest absolute Gasteiger partial charge is 0.429 e. The summed E-state index contributed by atoms with van der Waals surface area (Å²) in [6.45, 7) is 2.12. The molecule has 0 radical (unpaired) electrons. The van der Waals surface area contributed by atoms with E-state index < -0.39 is 52.1 Å². The summed E-state index contributed by atoms with van der Waals surface area (Å²) in [6.07, 6.45) is 0.0391. The minimum Gasteiger partial charge on any atom is -0.429 e. The van der Waals surface area contributed by atoms with Gasteiger partial charge in [0.15, 0.2) is 0 Å². The Balaban J connectivity index is 1.32. The number of alkyl halides is 2. The van der Waals surface area contributed by atoms with E-state index in [0.717, 1.165) is 79.8 Å². The van der Waals surface area contributed by atoms with Crippen molar-refractivity contribution in [2.75, 3.05) is 0 Å². The van der Waals surface area contributed by atoms with Gasteiger partial charge in [-0.1, -0.05) is 62.2 Å². The van der Waals surface area contributed by atoms with Crippen LogP contribution in [0.1, 0.15) is 42.9 Å². The number of hydrogen-bond donors (Lipinski definition) is 0. The van der Waals surface area contributed by atoms with Crippen LogP contribution in [0.3, 0.4) is 0 Å². The largest absolute Gasteiger partial charge is 0.429 e. The average Bonchev–Trinajstić information content (AvgIpc) is 3.01. The number of unbranched alkanes of at least 4 members (excludes halogenated alkanes) is 2. The van der Waals surface area contributed by atoms with Crippen LogP contribution in [0.15, 0.2) is 91.0 Å². The minimum absolute atomic E-state index is 0.00211. The fourth-order valence-corrected chi connectivity index (χ4v) is 5.12. The summed E-state index contributed by atoms with van der Waals surface area (Å²) in [5, 5.41) is 8.83. The number of rotatable bonds is 10. The van der Waals surface area contributed by atoms with E-state index in [4.69, 9.17) is 10.00 Å². The molecule has 0 N–H and O–H groups in total. The van der Waals surface area contributed by atoms with E-state index in [-0.39, 0.29) is 22.3 Å². The number of aryl methyl sites for hydroxylation is 1. The maximum atomic E-state index is 15.0. The molecule has 9 heteroatoms. The summed E-state index contributed by atoms with van der Waals surface area (Å²) in [5.74, 6) is -6.13. The van der Waals surface area contributed by atoms with Crippen molar-refractivity contribution in [2.45, 2.75) is 38.7 Å². The molecule has 0 saturated carbocycles. The Bertz CT molecular complexity index is 1910. The molecule has 0 aromatic heterocycles. The predicted octanol–water partition coefficient (Wildman–Crippen LogP) is 11.1. The molecule has 0 aliphatic heterocycles. The topological polar surface area (TPSA) is 33.0 Å². The molecule has 5 aromatic rings. The third-order valence-electron chi connectivity index (χ3n) is 7.57. The second-order valence-corrected chi connectivity index (χ2v) is 10.7. The highest BCUT2D eigenvalue weighted by Gasteiger charge is 2.38. The molecule has 5 rings (SSSR count). The monoisotopic (exact) mass is 633 g/mol. The van der Waals surface area contributed by atoms with Gasteiger partial charge in [0.25, 0.3) is 0 Å². The first-order valence-electron chi connectivity index (χ1n) is 14.5. The van der Waals surface area contributed by atoms with Crippen LogP contribution in [-0.4, -0.2) is 0 Å². The Morgan fingerprint density at radius 2 is 1.17 bits per heavy atom. The van der Waals surface area contributed by atoms with E-state index >= 15 is 13.2 Å². The van der Waals surface area contributed by atoms with Gasteiger partial charge in [-0.15, -0.1) is 0 Å². The minimum atomic E-state index is -4.15. The number of nitriles is 1. The van der Waals surface area contributed by atoms with Crippen LogP contribution in [-0.2, 0) is 12.5 Å². The van der Waals surface area contributed by atoms with Crippen LogP contribution >= 0.6 is 0 Å². The third-order valence-corrected chi connectivity index (χ3v) is 7.57. The lowest BCUT2D eigenvalue weighted by Crippen LogP contribution is -2.23. The summed E-state index contributed by atoms with van der Waals surface area (Å²) in [5.41, 5.74) is -0.218. The van der Waals surface area contributed by atoms with Gasteiger partial charge < -0.3 is 4.74 Å². The van der Waals surface area contributed by atoms with E-state index in [1.54, 1.807) is 12.1 Å². The van der Waals surface area contributed by atoms with Gasteiger partial charge in [-0.2, -0.15) is 14.0 Å². The second kappa shape index (κ2) is 13.5. The fourth-order valence-electron chi connectivity index (χ4n) is 5.12. The van der Waals surface area contributed by atoms with E-state index in [1.807, 2.05) is 12.1 Å². The van der Waals surface area contributed by atoms with E-state index in [0.29, 0.717) is 17.2 Å². The molecular weight excluding hydrogens is 607 g/mol. The Labute approximate surface area is 261 Å². The van der Waals surface area contributed by atoms with Crippen LogP contribution in [0.25, 0.3) is 33.4 Å². The molecule has 234 valence electrons. The Morgan fingerprint density at radius 1 is 0.609 bits per heavy atom. The summed E-state index contributed by atoms with van der Waals surface area (Å²) >= 11 is 0. The maximum absolute atomic E-state index is 15.0. The van der Waals surface area contributed by atoms with Gasteiger partial charge in [0.05, 0.1) is 5.56 Å². The zero-order chi connectivity index (χ0) is 33.0. The van der Waals surface area contributed by atoms with Crippen LogP contribution in [0.2, 0.25) is 0 Å². The number of benzene rings is 5. The number of hydrogen-bond acceptors (Lipinski definition) is 2. The lowest BCUT2D eigenvalue weighted by molar-refractivity contribution is -0.187. The highest BCUT2D eigenvalue weighted by atomic mass is 19.3. The molecule has 0 atom stereocenters. The van der Waals surface area contributed by atoms with Gasteiger partial charge in [0, 0.05) is 17.2 Å². The highest BCUT2D eigenvalue weighted by molar-refractivity contribution is 5.72. The molecule has 0 bridgehead atoms. The number of ether oxygens (including phenoxy) is 1. The van der Waals surface area contributed by atoms with Crippen molar-refractivity contribution >= 4 is 0 Å². The first-order chi connectivity index (χ1) is 22.0. The lowest BCUT2D eigenvalue weighted by Gasteiger charge is -2.20. The zero-order valence-electron chi connectivity index (χ0n) is 24.5. The molecule has 0 unspecified atom stereocenters. The summed E-state index contributed by atoms with van der Waals surface area (Å²) in [6, 6.07) is 19.8. The number of halogens is 7. The van der Waals surface area contributed by atoms with Gasteiger partial charge in [0.1, 0.15) is 46.5 Å². The van der Waals surface area contributed by atoms with Crippen molar-refractivity contribution in [3.63, 3.8) is 0 Å². The molecule has 2 nitrogen and oxygen atoms in total. The Hall–Kier alpha value is -5.10. The molecular formula is C37H26F7NO. The molecule has 0 spiro atoms. The standard InChI is InChI=1S/C37H26F7NO/c1-2-3-4-5-22-6-8-23(9-7-22)24-11-15-31(36(42)16-24)37(43,44)46-27-12-14-28(35(41)20-27)25-10-13-29(32(38)17-25)26-18-33(39)30(21-45)34(40)19-26/h6-20H,2-5H2,1H3. The van der Waals surface area contributed by atoms with E-state index in [2.05, 4.69) is 6.92 Å². The quantitative estimate of drug-likeness (QED) is 0.113. The fraction of sp³-hybridized carbons (Fsp3) is 0.162. The van der Waals surface area contributed by atoms with Gasteiger partial charge in [0.2, 0.25) is 0 Å². The second-order valence-electron chi connectivity index (χ2n) is 10.7. The maximum Gasteiger partial charge on any atom is 0.429 e. The van der Waals surface area contributed by atoms with Crippen molar-refractivity contribution in [3.8, 4) is 45.2 Å². The predicted molar refractivity (Wildman–Crippen MR) is 161 cm³/mol. The Kier molecular flexibility index (Phi) is 9.47. The van der Waals surface area contributed by atoms with Crippen LogP contribution in [0.4, 0.5) is 30.7 Å².